The third-order valence-electron chi connectivity index (χ3n) is 10.7. The van der Waals surface area contributed by atoms with Gasteiger partial charge in [-0.3, -0.25) is 9.59 Å². The number of methoxy groups -OCH3 is 1. The molecule has 5 atom stereocenters. The number of alkyl halides is 5. The summed E-state index contributed by atoms with van der Waals surface area (Å²) in [5, 5.41) is 14.2. The van der Waals surface area contributed by atoms with Crippen molar-refractivity contribution in [1.82, 2.24) is 0 Å². The van der Waals surface area contributed by atoms with Crippen molar-refractivity contribution in [2.24, 2.45) is 17.3 Å². The summed E-state index contributed by atoms with van der Waals surface area (Å²) in [6.45, 7) is 1.39. The van der Waals surface area contributed by atoms with Crippen LogP contribution in [0.4, 0.5) is 27.6 Å². The van der Waals surface area contributed by atoms with Gasteiger partial charge in [0.05, 0.1) is 7.11 Å². The average molecular weight is 616 g/mol. The maximum Gasteiger partial charge on any atom is 0.456 e. The number of carbonyl (C=O) groups excluding carboxylic acids is 2. The van der Waals surface area contributed by atoms with Gasteiger partial charge in [-0.05, 0) is 97.4 Å². The summed E-state index contributed by atoms with van der Waals surface area (Å²) in [5.74, 6) is -6.55. The quantitative estimate of drug-likeness (QED) is 0.337. The number of rotatable bonds is 5. The molecule has 0 aromatic heterocycles. The third-order valence-corrected chi connectivity index (χ3v) is 10.7. The Morgan fingerprint density at radius 2 is 1.75 bits per heavy atom. The highest BCUT2D eigenvalue weighted by atomic mass is 19.4. The zero-order valence-corrected chi connectivity index (χ0v) is 24.4. The fourth-order valence-corrected chi connectivity index (χ4v) is 8.49. The number of ether oxygens (including phenoxy) is 1. The number of hydrogen-bond acceptors (Lipinski definition) is 4. The van der Waals surface area contributed by atoms with Crippen molar-refractivity contribution in [2.45, 2.75) is 75.5 Å². The molecule has 2 aromatic carbocycles. The standard InChI is InChI=1S/C34H34F5NO4/c1-31-18-27(19-6-8-20(9-7-19)30(42)40-22-4-3-5-24(17-22)44-2)29-25-13-11-23(41)16-21(25)10-12-26(29)28(31)14-15-32(31,43)33(35,36)34(37,38)39/h3-9,16-17,26-28,43H,10-15,18H2,1-2H3,(H,40,42)/t26?,27-,28?,31+,32-/m1/s1. The number of fused-ring (bicyclic) bond motifs is 4. The molecule has 0 saturated heterocycles. The number of aliphatic hydroxyl groups is 1. The summed E-state index contributed by atoms with van der Waals surface area (Å²) in [6.07, 6.45) is -3.16. The minimum absolute atomic E-state index is 0.0199. The number of hydrogen-bond donors (Lipinski definition) is 2. The van der Waals surface area contributed by atoms with Crippen LogP contribution in [0.2, 0.25) is 0 Å². The van der Waals surface area contributed by atoms with Crippen molar-refractivity contribution in [3.63, 3.8) is 0 Å². The predicted octanol–water partition coefficient (Wildman–Crippen LogP) is 7.78. The van der Waals surface area contributed by atoms with Gasteiger partial charge in [0.2, 0.25) is 0 Å². The van der Waals surface area contributed by atoms with Gasteiger partial charge in [-0.2, -0.15) is 22.0 Å². The lowest BCUT2D eigenvalue weighted by Crippen LogP contribution is -2.65. The fraction of sp³-hybridized carbons (Fsp3) is 0.471. The first kappa shape index (κ1) is 30.5. The number of benzene rings is 2. The van der Waals surface area contributed by atoms with E-state index in [9.17, 15) is 27.9 Å². The normalized spacial score (nSPS) is 30.2. The minimum atomic E-state index is -5.90. The number of nitrogens with one attached hydrogen (secondary N) is 1. The van der Waals surface area contributed by atoms with Crippen LogP contribution >= 0.6 is 0 Å². The summed E-state index contributed by atoms with van der Waals surface area (Å²) >= 11 is 0. The molecule has 2 N–H and O–H groups in total. The first-order chi connectivity index (χ1) is 20.7. The van der Waals surface area contributed by atoms with Gasteiger partial charge in [-0.1, -0.05) is 30.7 Å². The molecule has 0 radical (unpaired) electrons. The van der Waals surface area contributed by atoms with E-state index in [0.717, 1.165) is 16.7 Å². The molecule has 1 amide bonds. The van der Waals surface area contributed by atoms with E-state index in [1.165, 1.54) is 14.0 Å². The van der Waals surface area contributed by atoms with Crippen molar-refractivity contribution < 1.29 is 41.4 Å². The number of amides is 1. The van der Waals surface area contributed by atoms with E-state index >= 15 is 8.78 Å². The van der Waals surface area contributed by atoms with Gasteiger partial charge in [-0.15, -0.1) is 0 Å². The van der Waals surface area contributed by atoms with E-state index < -0.39 is 41.4 Å². The molecule has 234 valence electrons. The lowest BCUT2D eigenvalue weighted by atomic mass is 9.50. The Morgan fingerprint density at radius 1 is 1.02 bits per heavy atom. The molecule has 4 aliphatic carbocycles. The maximum atomic E-state index is 15.2. The number of ketones is 1. The van der Waals surface area contributed by atoms with E-state index in [4.69, 9.17) is 4.74 Å². The second kappa shape index (κ2) is 10.5. The second-order valence-corrected chi connectivity index (χ2v) is 12.8. The number of halogens is 5. The molecule has 44 heavy (non-hydrogen) atoms. The van der Waals surface area contributed by atoms with Crippen molar-refractivity contribution in [1.29, 1.82) is 0 Å². The van der Waals surface area contributed by atoms with Gasteiger partial charge in [-0.25, -0.2) is 0 Å². The molecular weight excluding hydrogens is 581 g/mol. The first-order valence-corrected chi connectivity index (χ1v) is 14.9. The van der Waals surface area contributed by atoms with Crippen molar-refractivity contribution in [3.8, 4) is 5.75 Å². The molecule has 10 heteroatoms. The van der Waals surface area contributed by atoms with Gasteiger partial charge >= 0.3 is 12.1 Å². The van der Waals surface area contributed by atoms with Crippen LogP contribution in [0.1, 0.15) is 73.7 Å². The molecule has 2 unspecified atom stereocenters. The van der Waals surface area contributed by atoms with Crippen molar-refractivity contribution in [3.05, 3.63) is 82.5 Å². The summed E-state index contributed by atoms with van der Waals surface area (Å²) in [7, 11) is 1.52. The van der Waals surface area contributed by atoms with Crippen LogP contribution in [0.15, 0.2) is 71.3 Å². The van der Waals surface area contributed by atoms with E-state index in [1.807, 2.05) is 0 Å². The molecule has 0 spiro atoms. The topological polar surface area (TPSA) is 75.6 Å². The van der Waals surface area contributed by atoms with E-state index in [2.05, 4.69) is 5.32 Å². The monoisotopic (exact) mass is 615 g/mol. The van der Waals surface area contributed by atoms with Crippen LogP contribution < -0.4 is 10.1 Å². The van der Waals surface area contributed by atoms with Crippen molar-refractivity contribution >= 4 is 17.4 Å². The van der Waals surface area contributed by atoms with Crippen LogP contribution in [0.3, 0.4) is 0 Å². The maximum absolute atomic E-state index is 15.2. The highest BCUT2D eigenvalue weighted by molar-refractivity contribution is 6.04. The molecule has 5 nitrogen and oxygen atoms in total. The van der Waals surface area contributed by atoms with Crippen molar-refractivity contribution in [2.75, 3.05) is 12.4 Å². The summed E-state index contributed by atoms with van der Waals surface area (Å²) < 4.78 is 76.9. The predicted molar refractivity (Wildman–Crippen MR) is 154 cm³/mol. The molecule has 2 fully saturated rings. The second-order valence-electron chi connectivity index (χ2n) is 12.8. The van der Waals surface area contributed by atoms with Crippen LogP contribution in [0, 0.1) is 17.3 Å². The summed E-state index contributed by atoms with van der Waals surface area (Å²) in [5.41, 5.74) is -0.608. The first-order valence-electron chi connectivity index (χ1n) is 14.9. The van der Waals surface area contributed by atoms with E-state index in [-0.39, 0.29) is 30.4 Å². The summed E-state index contributed by atoms with van der Waals surface area (Å²) in [6, 6.07) is 13.5. The Morgan fingerprint density at radius 3 is 2.43 bits per heavy atom. The molecule has 0 aliphatic heterocycles. The minimum Gasteiger partial charge on any atom is -0.497 e. The van der Waals surface area contributed by atoms with Gasteiger partial charge in [0.1, 0.15) is 11.4 Å². The Balaban J connectivity index is 1.40. The van der Waals surface area contributed by atoms with Gasteiger partial charge in [0.15, 0.2) is 5.78 Å². The van der Waals surface area contributed by atoms with E-state index in [0.29, 0.717) is 48.2 Å². The molecule has 0 heterocycles. The van der Waals surface area contributed by atoms with Gasteiger partial charge in [0.25, 0.3) is 5.91 Å². The highest BCUT2D eigenvalue weighted by Gasteiger charge is 2.79. The molecule has 2 saturated carbocycles. The zero-order chi connectivity index (χ0) is 31.7. The lowest BCUT2D eigenvalue weighted by Gasteiger charge is -2.56. The molecule has 0 bridgehead atoms. The Kier molecular flexibility index (Phi) is 7.30. The van der Waals surface area contributed by atoms with E-state index in [1.54, 1.807) is 54.6 Å². The van der Waals surface area contributed by atoms with Crippen LogP contribution in [-0.4, -0.2) is 41.6 Å². The average Bonchev–Trinajstić information content (AvgIpc) is 3.27. The Labute approximate surface area is 252 Å². The zero-order valence-electron chi connectivity index (χ0n) is 24.4. The smallest absolute Gasteiger partial charge is 0.456 e. The largest absolute Gasteiger partial charge is 0.497 e. The molecular formula is C34H34F5NO4. The Hall–Kier alpha value is -3.53. The van der Waals surface area contributed by atoms with Crippen LogP contribution in [-0.2, 0) is 4.79 Å². The lowest BCUT2D eigenvalue weighted by molar-refractivity contribution is -0.362. The Bertz CT molecular complexity index is 1560. The number of carbonyl (C=O) groups is 2. The summed E-state index contributed by atoms with van der Waals surface area (Å²) in [4.78, 5) is 25.3. The van der Waals surface area contributed by atoms with Gasteiger partial charge in [0, 0.05) is 35.1 Å². The van der Waals surface area contributed by atoms with Gasteiger partial charge < -0.3 is 15.2 Å². The SMILES string of the molecule is COc1cccc(NC(=O)c2ccc([C@H]3C[C@@]4(C)C(CC[C@]4(O)C(F)(F)C(F)(F)F)C4CCC5=CC(=O)CCC5=C43)cc2)c1. The number of anilines is 1. The van der Waals surface area contributed by atoms with Crippen LogP contribution in [0.5, 0.6) is 5.75 Å². The molecule has 6 rings (SSSR count). The molecule has 2 aromatic rings. The number of allylic oxidation sites excluding steroid dienone is 4. The highest BCUT2D eigenvalue weighted by Crippen LogP contribution is 2.70. The van der Waals surface area contributed by atoms with Crippen LogP contribution in [0.25, 0.3) is 0 Å². The third kappa shape index (κ3) is 4.59. The fourth-order valence-electron chi connectivity index (χ4n) is 8.49. The molecule has 4 aliphatic rings.